The molecular weight excluding hydrogens is 324 g/mol. The maximum absolute atomic E-state index is 6.22. The van der Waals surface area contributed by atoms with Crippen LogP contribution in [0.2, 0.25) is 0 Å². The number of hydrogen-bond donors (Lipinski definition) is 1. The molecule has 1 saturated heterocycles. The maximum Gasteiger partial charge on any atom is 0.124 e. The van der Waals surface area contributed by atoms with E-state index < -0.39 is 0 Å². The minimum Gasteiger partial charge on any atom is -0.492 e. The van der Waals surface area contributed by atoms with Crippen molar-refractivity contribution in [1.82, 2.24) is 15.3 Å². The highest BCUT2D eigenvalue weighted by Gasteiger charge is 2.34. The Bertz CT molecular complexity index is 791. The maximum atomic E-state index is 6.22. The molecular formula is C21H26N4O. The first-order chi connectivity index (χ1) is 12.8. The second-order valence-corrected chi connectivity index (χ2v) is 7.43. The molecule has 4 aliphatic rings. The molecule has 0 amide bonds. The first kappa shape index (κ1) is 16.0. The lowest BCUT2D eigenvalue weighted by Gasteiger charge is -2.40. The van der Waals surface area contributed by atoms with Gasteiger partial charge in [-0.15, -0.1) is 0 Å². The molecule has 0 aromatic heterocycles. The van der Waals surface area contributed by atoms with Crippen molar-refractivity contribution in [2.24, 2.45) is 0 Å². The highest BCUT2D eigenvalue weighted by atomic mass is 16.5. The third-order valence-electron chi connectivity index (χ3n) is 5.77. The van der Waals surface area contributed by atoms with Crippen molar-refractivity contribution in [2.75, 3.05) is 44.2 Å². The Kier molecular flexibility index (Phi) is 3.98. The molecule has 5 rings (SSSR count). The second kappa shape index (κ2) is 6.49. The highest BCUT2D eigenvalue weighted by molar-refractivity contribution is 5.55. The van der Waals surface area contributed by atoms with E-state index in [4.69, 9.17) is 4.74 Å². The smallest absolute Gasteiger partial charge is 0.124 e. The predicted octanol–water partition coefficient (Wildman–Crippen LogP) is 2.29. The first-order valence-electron chi connectivity index (χ1n) is 9.63. The molecule has 0 radical (unpaired) electrons. The van der Waals surface area contributed by atoms with Crippen molar-refractivity contribution in [2.45, 2.75) is 19.4 Å². The number of nitrogens with zero attached hydrogens (tertiary/aromatic N) is 3. The number of ether oxygens (including phenoxy) is 1. The first-order valence-corrected chi connectivity index (χ1v) is 9.63. The van der Waals surface area contributed by atoms with E-state index in [0.717, 1.165) is 51.5 Å². The summed E-state index contributed by atoms with van der Waals surface area (Å²) in [5.41, 5.74) is 5.16. The van der Waals surface area contributed by atoms with Gasteiger partial charge in [0.25, 0.3) is 0 Å². The molecule has 0 saturated carbocycles. The van der Waals surface area contributed by atoms with Crippen molar-refractivity contribution >= 4 is 5.69 Å². The standard InChI is InChI=1S/C21H26N4O/c1-16-3-2-4-18-7-10-24(25(16)18)20-13-17-5-6-19(14-21(17)26-15-20)23-11-8-22-9-12-23/h2-7,14,20,22H,8-13,15H2,1H3/t20-/m1/s1. The summed E-state index contributed by atoms with van der Waals surface area (Å²) in [6.45, 7) is 8.12. The number of hydrogen-bond acceptors (Lipinski definition) is 5. The average Bonchev–Trinajstić information content (AvgIpc) is 3.13. The van der Waals surface area contributed by atoms with Crippen LogP contribution in [0.5, 0.6) is 5.75 Å². The van der Waals surface area contributed by atoms with Crippen LogP contribution in [0.15, 0.2) is 53.9 Å². The number of nitrogens with one attached hydrogen (secondary N) is 1. The molecule has 136 valence electrons. The summed E-state index contributed by atoms with van der Waals surface area (Å²) < 4.78 is 6.22. The van der Waals surface area contributed by atoms with Gasteiger partial charge in [0.2, 0.25) is 0 Å². The molecule has 0 unspecified atom stereocenters. The average molecular weight is 350 g/mol. The summed E-state index contributed by atoms with van der Waals surface area (Å²) in [5, 5.41) is 8.20. The van der Waals surface area contributed by atoms with Gasteiger partial charge in [-0.3, -0.25) is 5.01 Å². The molecule has 1 atom stereocenters. The van der Waals surface area contributed by atoms with E-state index in [1.807, 2.05) is 0 Å². The lowest BCUT2D eigenvalue weighted by Crippen LogP contribution is -2.49. The largest absolute Gasteiger partial charge is 0.492 e. The Morgan fingerprint density at radius 1 is 1.19 bits per heavy atom. The third kappa shape index (κ3) is 2.72. The zero-order valence-corrected chi connectivity index (χ0v) is 15.3. The fraction of sp³-hybridized carbons (Fsp3) is 0.429. The number of hydrazine groups is 1. The van der Waals surface area contributed by atoms with Crippen molar-refractivity contribution in [1.29, 1.82) is 0 Å². The molecule has 1 aromatic carbocycles. The molecule has 5 heteroatoms. The van der Waals surface area contributed by atoms with E-state index in [1.165, 1.54) is 22.6 Å². The number of allylic oxidation sites excluding steroid dienone is 4. The van der Waals surface area contributed by atoms with Crippen molar-refractivity contribution in [3.05, 3.63) is 59.5 Å². The van der Waals surface area contributed by atoms with Gasteiger partial charge in [-0.2, -0.15) is 0 Å². The highest BCUT2D eigenvalue weighted by Crippen LogP contribution is 2.35. The quantitative estimate of drug-likeness (QED) is 0.884. The minimum atomic E-state index is 0.371. The van der Waals surface area contributed by atoms with Gasteiger partial charge >= 0.3 is 0 Å². The van der Waals surface area contributed by atoms with Crippen LogP contribution >= 0.6 is 0 Å². The summed E-state index contributed by atoms with van der Waals surface area (Å²) in [4.78, 5) is 2.44. The summed E-state index contributed by atoms with van der Waals surface area (Å²) in [6, 6.07) is 7.14. The van der Waals surface area contributed by atoms with Gasteiger partial charge in [-0.1, -0.05) is 12.1 Å². The van der Waals surface area contributed by atoms with Crippen LogP contribution < -0.4 is 15.0 Å². The minimum absolute atomic E-state index is 0.371. The zero-order chi connectivity index (χ0) is 17.5. The molecule has 0 bridgehead atoms. The molecule has 5 nitrogen and oxygen atoms in total. The Balaban J connectivity index is 1.33. The van der Waals surface area contributed by atoms with Gasteiger partial charge < -0.3 is 15.0 Å². The summed E-state index contributed by atoms with van der Waals surface area (Å²) in [7, 11) is 0. The Morgan fingerprint density at radius 2 is 2.08 bits per heavy atom. The van der Waals surface area contributed by atoms with Crippen LogP contribution in [0.1, 0.15) is 12.5 Å². The monoisotopic (exact) mass is 350 g/mol. The van der Waals surface area contributed by atoms with Gasteiger partial charge in [0.1, 0.15) is 12.4 Å². The van der Waals surface area contributed by atoms with E-state index in [0.29, 0.717) is 6.04 Å². The van der Waals surface area contributed by atoms with Crippen molar-refractivity contribution in [3.63, 3.8) is 0 Å². The second-order valence-electron chi connectivity index (χ2n) is 7.43. The summed E-state index contributed by atoms with van der Waals surface area (Å²) in [5.74, 6) is 1.07. The van der Waals surface area contributed by atoms with Crippen LogP contribution in [0.25, 0.3) is 0 Å². The molecule has 4 aliphatic heterocycles. The number of benzene rings is 1. The molecule has 1 N–H and O–H groups in total. The summed E-state index contributed by atoms with van der Waals surface area (Å²) >= 11 is 0. The molecule has 0 aliphatic carbocycles. The molecule has 26 heavy (non-hydrogen) atoms. The van der Waals surface area contributed by atoms with Gasteiger partial charge in [0.15, 0.2) is 0 Å². The normalized spacial score (nSPS) is 25.3. The Labute approximate surface area is 155 Å². The molecule has 1 aromatic rings. The van der Waals surface area contributed by atoms with E-state index >= 15 is 0 Å². The molecule has 0 spiro atoms. The van der Waals surface area contributed by atoms with Crippen LogP contribution in [0.3, 0.4) is 0 Å². The number of anilines is 1. The van der Waals surface area contributed by atoms with E-state index in [-0.39, 0.29) is 0 Å². The number of fused-ring (bicyclic) bond motifs is 2. The van der Waals surface area contributed by atoms with Crippen LogP contribution in [0, 0.1) is 0 Å². The predicted molar refractivity (Wildman–Crippen MR) is 104 cm³/mol. The van der Waals surface area contributed by atoms with Crippen LogP contribution in [-0.4, -0.2) is 55.4 Å². The van der Waals surface area contributed by atoms with E-state index in [9.17, 15) is 0 Å². The fourth-order valence-electron chi connectivity index (χ4n) is 4.37. The fourth-order valence-corrected chi connectivity index (χ4v) is 4.37. The zero-order valence-electron chi connectivity index (χ0n) is 15.3. The molecule has 4 heterocycles. The topological polar surface area (TPSA) is 31.0 Å². The third-order valence-corrected chi connectivity index (χ3v) is 5.77. The van der Waals surface area contributed by atoms with Crippen molar-refractivity contribution in [3.8, 4) is 5.75 Å². The Morgan fingerprint density at radius 3 is 2.96 bits per heavy atom. The van der Waals surface area contributed by atoms with E-state index in [2.05, 4.69) is 69.7 Å². The van der Waals surface area contributed by atoms with Gasteiger partial charge in [-0.05, 0) is 43.2 Å². The van der Waals surface area contributed by atoms with Crippen molar-refractivity contribution < 1.29 is 4.74 Å². The van der Waals surface area contributed by atoms with Gasteiger partial charge in [-0.25, -0.2) is 5.01 Å². The van der Waals surface area contributed by atoms with Crippen LogP contribution in [-0.2, 0) is 6.42 Å². The van der Waals surface area contributed by atoms with Gasteiger partial charge in [0.05, 0.1) is 11.7 Å². The van der Waals surface area contributed by atoms with E-state index in [1.54, 1.807) is 0 Å². The lowest BCUT2D eigenvalue weighted by molar-refractivity contribution is 0.00131. The lowest BCUT2D eigenvalue weighted by atomic mass is 10.0. The SMILES string of the molecule is CC1=CC=CC2=CCN([C@H]3COc4cc(N5CCNCC5)ccc4C3)N12. The van der Waals surface area contributed by atoms with Gasteiger partial charge in [0, 0.05) is 50.2 Å². The Hall–Kier alpha value is -2.24. The number of piperazine rings is 1. The molecule has 1 fully saturated rings. The number of rotatable bonds is 2. The summed E-state index contributed by atoms with van der Waals surface area (Å²) in [6.07, 6.45) is 9.82. The van der Waals surface area contributed by atoms with Crippen LogP contribution in [0.4, 0.5) is 5.69 Å².